The van der Waals surface area contributed by atoms with E-state index in [1.54, 1.807) is 6.92 Å². The highest BCUT2D eigenvalue weighted by molar-refractivity contribution is 5.18. The molecule has 2 rings (SSSR count). The third-order valence-electron chi connectivity index (χ3n) is 4.92. The quantitative estimate of drug-likeness (QED) is 0.231. The van der Waals surface area contributed by atoms with Crippen molar-refractivity contribution in [3.63, 3.8) is 0 Å². The second-order valence-electron chi connectivity index (χ2n) is 6.28. The molecule has 0 unspecified atom stereocenters. The normalized spacial score (nSPS) is 51.5. The van der Waals surface area contributed by atoms with E-state index in [-0.39, 0.29) is 6.61 Å². The third-order valence-corrected chi connectivity index (χ3v) is 4.92. The fraction of sp³-hybridized carbons (Fsp3) is 1.00. The summed E-state index contributed by atoms with van der Waals surface area (Å²) in [6.07, 6.45) is -12.1. The Bertz CT molecular complexity index is 446. The molecule has 0 saturated carbocycles. The van der Waals surface area contributed by atoms with Gasteiger partial charge in [-0.3, -0.25) is 0 Å². The van der Waals surface area contributed by atoms with Gasteiger partial charge in [0, 0.05) is 6.61 Å². The molecule has 0 aromatic carbocycles. The average Bonchev–Trinajstić information content (AvgIpc) is 2.60. The summed E-state index contributed by atoms with van der Waals surface area (Å²) in [5.74, 6) is 0. The van der Waals surface area contributed by atoms with Gasteiger partial charge in [-0.05, 0) is 6.92 Å². The van der Waals surface area contributed by atoms with Crippen LogP contribution in [-0.4, -0.2) is 121 Å². The van der Waals surface area contributed by atoms with Gasteiger partial charge in [-0.25, -0.2) is 0 Å². The smallest absolute Gasteiger partial charge is 0.186 e. The molecular formula is C14H26O11. The van der Waals surface area contributed by atoms with Crippen molar-refractivity contribution in [2.45, 2.75) is 61.0 Å². The monoisotopic (exact) mass is 370 g/mol. The van der Waals surface area contributed by atoms with Gasteiger partial charge in [0.1, 0.15) is 36.6 Å². The van der Waals surface area contributed by atoms with Crippen LogP contribution in [0.25, 0.3) is 0 Å². The maximum atomic E-state index is 11.0. The van der Waals surface area contributed by atoms with Crippen LogP contribution < -0.4 is 0 Å². The number of hydrogen-bond donors (Lipinski definition) is 8. The number of hydrogen-bond acceptors (Lipinski definition) is 11. The van der Waals surface area contributed by atoms with E-state index in [4.69, 9.17) is 19.3 Å². The molecule has 0 aliphatic carbocycles. The molecule has 2 heterocycles. The van der Waals surface area contributed by atoms with Crippen LogP contribution in [0.3, 0.4) is 0 Å². The molecule has 11 nitrogen and oxygen atoms in total. The van der Waals surface area contributed by atoms with Crippen molar-refractivity contribution in [3.05, 3.63) is 0 Å². The molecule has 148 valence electrons. The van der Waals surface area contributed by atoms with E-state index in [2.05, 4.69) is 0 Å². The van der Waals surface area contributed by atoms with Crippen molar-refractivity contribution >= 4 is 0 Å². The molecule has 2 fully saturated rings. The number of ether oxygens (including phenoxy) is 3. The molecule has 0 radical (unpaired) electrons. The summed E-state index contributed by atoms with van der Waals surface area (Å²) in [7, 11) is 0. The van der Waals surface area contributed by atoms with Crippen molar-refractivity contribution in [2.75, 3.05) is 26.4 Å². The largest absolute Gasteiger partial charge is 0.394 e. The van der Waals surface area contributed by atoms with Gasteiger partial charge in [0.15, 0.2) is 17.5 Å². The molecule has 8 N–H and O–H groups in total. The summed E-state index contributed by atoms with van der Waals surface area (Å²) < 4.78 is 15.4. The zero-order valence-electron chi connectivity index (χ0n) is 13.7. The van der Waals surface area contributed by atoms with Gasteiger partial charge in [-0.15, -0.1) is 0 Å². The molecule has 0 amide bonds. The zero-order chi connectivity index (χ0) is 19.0. The van der Waals surface area contributed by atoms with Crippen LogP contribution in [-0.2, 0) is 14.2 Å². The van der Waals surface area contributed by atoms with Crippen LogP contribution in [0.15, 0.2) is 0 Å². The molecule has 25 heavy (non-hydrogen) atoms. The summed E-state index contributed by atoms with van der Waals surface area (Å²) in [6.45, 7) is -0.689. The molecule has 11 heteroatoms. The van der Waals surface area contributed by atoms with Crippen LogP contribution in [0, 0.1) is 0 Å². The predicted molar refractivity (Wildman–Crippen MR) is 78.1 cm³/mol. The van der Waals surface area contributed by atoms with Crippen LogP contribution in [0.5, 0.6) is 0 Å². The van der Waals surface area contributed by atoms with Crippen LogP contribution in [0.4, 0.5) is 0 Å². The standard InChI is InChI=1S/C14H26O11/c1-2-23-12-9(18)11(20)14(22,7(4-16)25-12)13(21)5-24-6(3-15)8(17)10(13)19/h6-12,15-22H,2-5H2,1H3/t6-,7-,8+,9-,10+,11-,12+,13-,14-/m1/s1. The predicted octanol–water partition coefficient (Wildman–Crippen LogP) is -4.96. The fourth-order valence-electron chi connectivity index (χ4n) is 3.38. The Balaban J connectivity index is 2.39. The van der Waals surface area contributed by atoms with E-state index >= 15 is 0 Å². The van der Waals surface area contributed by atoms with E-state index in [1.807, 2.05) is 0 Å². The molecule has 2 aliphatic heterocycles. The lowest BCUT2D eigenvalue weighted by atomic mass is 9.67. The van der Waals surface area contributed by atoms with Gasteiger partial charge in [0.2, 0.25) is 0 Å². The Hall–Kier alpha value is -0.440. The van der Waals surface area contributed by atoms with Gasteiger partial charge < -0.3 is 55.1 Å². The Morgan fingerprint density at radius 3 is 2.16 bits per heavy atom. The highest BCUT2D eigenvalue weighted by Gasteiger charge is 2.70. The minimum absolute atomic E-state index is 0.0952. The van der Waals surface area contributed by atoms with Crippen molar-refractivity contribution in [1.82, 2.24) is 0 Å². The number of aliphatic hydroxyl groups is 8. The van der Waals surface area contributed by atoms with Crippen LogP contribution in [0.1, 0.15) is 6.92 Å². The lowest BCUT2D eigenvalue weighted by Gasteiger charge is -2.57. The Morgan fingerprint density at radius 2 is 1.64 bits per heavy atom. The van der Waals surface area contributed by atoms with Crippen molar-refractivity contribution in [1.29, 1.82) is 0 Å². The number of rotatable bonds is 5. The summed E-state index contributed by atoms with van der Waals surface area (Å²) in [5, 5.41) is 81.3. The highest BCUT2D eigenvalue weighted by Crippen LogP contribution is 2.43. The van der Waals surface area contributed by atoms with Crippen molar-refractivity contribution in [3.8, 4) is 0 Å². The van der Waals surface area contributed by atoms with E-state index < -0.39 is 73.9 Å². The first-order valence-corrected chi connectivity index (χ1v) is 7.96. The van der Waals surface area contributed by atoms with E-state index in [0.29, 0.717) is 0 Å². The molecule has 0 bridgehead atoms. The van der Waals surface area contributed by atoms with Gasteiger partial charge >= 0.3 is 0 Å². The second kappa shape index (κ2) is 7.66. The zero-order valence-corrected chi connectivity index (χ0v) is 13.7. The lowest BCUT2D eigenvalue weighted by Crippen LogP contribution is -2.82. The summed E-state index contributed by atoms with van der Waals surface area (Å²) in [6, 6.07) is 0. The van der Waals surface area contributed by atoms with Crippen molar-refractivity contribution in [2.24, 2.45) is 0 Å². The van der Waals surface area contributed by atoms with E-state index in [9.17, 15) is 35.7 Å². The van der Waals surface area contributed by atoms with Gasteiger partial charge in [-0.1, -0.05) is 0 Å². The fourth-order valence-corrected chi connectivity index (χ4v) is 3.38. The SMILES string of the molecule is CCO[C@H]1O[C@H](CO)[C@](O)([C@@]2(O)CO[C@H](CO)[C@H](O)[C@@H]2O)[C@H](O)[C@H]1O. The molecule has 2 aliphatic rings. The van der Waals surface area contributed by atoms with Gasteiger partial charge in [0.05, 0.1) is 19.8 Å². The first kappa shape index (κ1) is 20.9. The summed E-state index contributed by atoms with van der Waals surface area (Å²) in [4.78, 5) is 0. The first-order valence-electron chi connectivity index (χ1n) is 7.96. The molecule has 0 aromatic rings. The molecule has 9 atom stereocenters. The molecule has 0 spiro atoms. The van der Waals surface area contributed by atoms with Crippen LogP contribution in [0.2, 0.25) is 0 Å². The lowest BCUT2D eigenvalue weighted by molar-refractivity contribution is -0.391. The minimum Gasteiger partial charge on any atom is -0.394 e. The Kier molecular flexibility index (Phi) is 6.40. The minimum atomic E-state index is -2.81. The molecule has 2 saturated heterocycles. The molecule has 0 aromatic heterocycles. The van der Waals surface area contributed by atoms with E-state index in [1.165, 1.54) is 0 Å². The van der Waals surface area contributed by atoms with Gasteiger partial charge in [0.25, 0.3) is 0 Å². The summed E-state index contributed by atoms with van der Waals surface area (Å²) >= 11 is 0. The van der Waals surface area contributed by atoms with Crippen LogP contribution >= 0.6 is 0 Å². The Morgan fingerprint density at radius 1 is 1.00 bits per heavy atom. The topological polar surface area (TPSA) is 190 Å². The highest BCUT2D eigenvalue weighted by atomic mass is 16.7. The maximum Gasteiger partial charge on any atom is 0.186 e. The number of aliphatic hydroxyl groups excluding tert-OH is 6. The third kappa shape index (κ3) is 3.09. The second-order valence-corrected chi connectivity index (χ2v) is 6.28. The Labute approximate surface area is 143 Å². The average molecular weight is 370 g/mol. The first-order chi connectivity index (χ1) is 11.7. The van der Waals surface area contributed by atoms with E-state index in [0.717, 1.165) is 0 Å². The maximum absolute atomic E-state index is 11.0. The summed E-state index contributed by atoms with van der Waals surface area (Å²) in [5.41, 5.74) is -5.53. The van der Waals surface area contributed by atoms with Gasteiger partial charge in [-0.2, -0.15) is 0 Å². The molecular weight excluding hydrogens is 344 g/mol. The van der Waals surface area contributed by atoms with Crippen molar-refractivity contribution < 1.29 is 55.1 Å².